The van der Waals surface area contributed by atoms with Crippen LogP contribution in [0.5, 0.6) is 0 Å². The zero-order chi connectivity index (χ0) is 18.6. The number of pyridine rings is 1. The molecule has 1 saturated heterocycles. The van der Waals surface area contributed by atoms with Crippen molar-refractivity contribution in [3.63, 3.8) is 0 Å². The summed E-state index contributed by atoms with van der Waals surface area (Å²) in [5, 5.41) is 9.25. The summed E-state index contributed by atoms with van der Waals surface area (Å²) in [6.45, 7) is 0. The smallest absolute Gasteiger partial charge is 0.255 e. The van der Waals surface area contributed by atoms with Crippen molar-refractivity contribution in [1.82, 2.24) is 10.3 Å². The van der Waals surface area contributed by atoms with Crippen LogP contribution in [-0.2, 0) is 4.79 Å². The number of hydrogen-bond donors (Lipinski definition) is 3. The first kappa shape index (κ1) is 17.7. The maximum absolute atomic E-state index is 12.6. The van der Waals surface area contributed by atoms with Gasteiger partial charge in [0, 0.05) is 23.5 Å². The summed E-state index contributed by atoms with van der Waals surface area (Å²) >= 11 is 0. The molecule has 3 unspecified atom stereocenters. The molecule has 2 aliphatic rings. The first-order valence-electron chi connectivity index (χ1n) is 9.57. The maximum atomic E-state index is 12.6. The minimum atomic E-state index is -0.206. The Labute approximate surface area is 158 Å². The van der Waals surface area contributed by atoms with Gasteiger partial charge in [-0.05, 0) is 61.6 Å². The second-order valence-electron chi connectivity index (χ2n) is 7.37. The number of hydrogen-bond acceptors (Lipinski definition) is 4. The lowest BCUT2D eigenvalue weighted by Crippen LogP contribution is -2.39. The molecule has 0 radical (unpaired) electrons. The fraction of sp³-hybridized carbons (Fsp3) is 0.381. The van der Waals surface area contributed by atoms with Crippen LogP contribution in [0.3, 0.4) is 0 Å². The molecule has 6 heteroatoms. The summed E-state index contributed by atoms with van der Waals surface area (Å²) in [7, 11) is 0. The van der Waals surface area contributed by atoms with Crippen molar-refractivity contribution in [2.24, 2.45) is 5.92 Å². The number of amides is 2. The Morgan fingerprint density at radius 2 is 1.81 bits per heavy atom. The number of nitrogens with zero attached hydrogens (tertiary/aromatic N) is 1. The lowest BCUT2D eigenvalue weighted by Gasteiger charge is -2.24. The summed E-state index contributed by atoms with van der Waals surface area (Å²) in [6.07, 6.45) is 9.10. The monoisotopic (exact) mass is 364 g/mol. The van der Waals surface area contributed by atoms with Crippen LogP contribution in [0.4, 0.5) is 11.4 Å². The number of benzene rings is 1. The molecule has 3 atom stereocenters. The molecule has 0 bridgehead atoms. The van der Waals surface area contributed by atoms with E-state index in [2.05, 4.69) is 20.9 Å². The standard InChI is InChI=1S/C21H24N4O2/c26-20(24-17-5-3-11-22-13-17)14-7-9-16(10-8-14)23-21(27)19-12-15-4-1-2-6-18(15)25-19/h3,5,7-11,13,15,18-19,25H,1-2,4,6,12H2,(H,23,27)(H,24,26). The van der Waals surface area contributed by atoms with E-state index in [0.29, 0.717) is 28.9 Å². The largest absolute Gasteiger partial charge is 0.325 e. The normalized spacial score (nSPS) is 24.1. The lowest BCUT2D eigenvalue weighted by molar-refractivity contribution is -0.117. The maximum Gasteiger partial charge on any atom is 0.255 e. The molecule has 1 aromatic carbocycles. The highest BCUT2D eigenvalue weighted by molar-refractivity contribution is 6.04. The number of anilines is 2. The van der Waals surface area contributed by atoms with Crippen LogP contribution in [0, 0.1) is 5.92 Å². The Balaban J connectivity index is 1.33. The molecule has 1 aliphatic heterocycles. The highest BCUT2D eigenvalue weighted by Crippen LogP contribution is 2.33. The first-order chi connectivity index (χ1) is 13.2. The van der Waals surface area contributed by atoms with Crippen LogP contribution in [0.1, 0.15) is 42.5 Å². The van der Waals surface area contributed by atoms with Gasteiger partial charge in [0.25, 0.3) is 5.91 Å². The van der Waals surface area contributed by atoms with E-state index in [4.69, 9.17) is 0 Å². The van der Waals surface area contributed by atoms with Crippen LogP contribution < -0.4 is 16.0 Å². The van der Waals surface area contributed by atoms with Gasteiger partial charge in [0.1, 0.15) is 0 Å². The summed E-state index contributed by atoms with van der Waals surface area (Å²) in [6, 6.07) is 10.9. The van der Waals surface area contributed by atoms with E-state index in [-0.39, 0.29) is 17.9 Å². The van der Waals surface area contributed by atoms with Crippen molar-refractivity contribution in [3.8, 4) is 0 Å². The minimum Gasteiger partial charge on any atom is -0.325 e. The number of nitrogens with one attached hydrogen (secondary N) is 3. The molecule has 6 nitrogen and oxygen atoms in total. The molecular weight excluding hydrogens is 340 g/mol. The zero-order valence-electron chi connectivity index (χ0n) is 15.2. The zero-order valence-corrected chi connectivity index (χ0v) is 15.2. The fourth-order valence-corrected chi connectivity index (χ4v) is 4.10. The molecule has 2 fully saturated rings. The second kappa shape index (κ2) is 7.88. The van der Waals surface area contributed by atoms with E-state index in [1.54, 1.807) is 48.8 Å². The van der Waals surface area contributed by atoms with Crippen LogP contribution in [0.15, 0.2) is 48.8 Å². The van der Waals surface area contributed by atoms with Crippen molar-refractivity contribution >= 4 is 23.2 Å². The third-order valence-corrected chi connectivity index (χ3v) is 5.51. The van der Waals surface area contributed by atoms with Crippen LogP contribution in [0.25, 0.3) is 0 Å². The second-order valence-corrected chi connectivity index (χ2v) is 7.37. The highest BCUT2D eigenvalue weighted by atomic mass is 16.2. The number of aromatic nitrogens is 1. The number of carbonyl (C=O) groups is 2. The Hall–Kier alpha value is -2.73. The van der Waals surface area contributed by atoms with Crippen molar-refractivity contribution in [2.45, 2.75) is 44.2 Å². The molecule has 2 heterocycles. The van der Waals surface area contributed by atoms with Gasteiger partial charge in [-0.1, -0.05) is 12.8 Å². The van der Waals surface area contributed by atoms with Gasteiger partial charge in [0.15, 0.2) is 0 Å². The number of rotatable bonds is 4. The first-order valence-corrected chi connectivity index (χ1v) is 9.57. The summed E-state index contributed by atoms with van der Waals surface area (Å²) in [4.78, 5) is 28.8. The summed E-state index contributed by atoms with van der Waals surface area (Å²) < 4.78 is 0. The van der Waals surface area contributed by atoms with Gasteiger partial charge in [-0.15, -0.1) is 0 Å². The molecule has 1 aliphatic carbocycles. The van der Waals surface area contributed by atoms with E-state index in [9.17, 15) is 9.59 Å². The Morgan fingerprint density at radius 1 is 1.00 bits per heavy atom. The van der Waals surface area contributed by atoms with E-state index in [1.165, 1.54) is 25.7 Å². The van der Waals surface area contributed by atoms with Crippen LogP contribution in [-0.4, -0.2) is 28.9 Å². The van der Waals surface area contributed by atoms with E-state index < -0.39 is 0 Å². The van der Waals surface area contributed by atoms with E-state index >= 15 is 0 Å². The molecule has 2 aromatic rings. The molecule has 140 valence electrons. The molecule has 2 amide bonds. The van der Waals surface area contributed by atoms with Crippen LogP contribution in [0.2, 0.25) is 0 Å². The van der Waals surface area contributed by atoms with Crippen molar-refractivity contribution in [2.75, 3.05) is 10.6 Å². The molecule has 1 saturated carbocycles. The number of fused-ring (bicyclic) bond motifs is 1. The van der Waals surface area contributed by atoms with Crippen LogP contribution >= 0.6 is 0 Å². The predicted octanol–water partition coefficient (Wildman–Crippen LogP) is 3.19. The third-order valence-electron chi connectivity index (χ3n) is 5.51. The van der Waals surface area contributed by atoms with Gasteiger partial charge in [-0.2, -0.15) is 0 Å². The molecule has 0 spiro atoms. The topological polar surface area (TPSA) is 83.1 Å². The summed E-state index contributed by atoms with van der Waals surface area (Å²) in [5.41, 5.74) is 1.88. The van der Waals surface area contributed by atoms with Crippen molar-refractivity contribution in [1.29, 1.82) is 0 Å². The minimum absolute atomic E-state index is 0.0111. The van der Waals surface area contributed by atoms with E-state index in [0.717, 1.165) is 6.42 Å². The average molecular weight is 364 g/mol. The van der Waals surface area contributed by atoms with Crippen molar-refractivity contribution < 1.29 is 9.59 Å². The molecule has 27 heavy (non-hydrogen) atoms. The molecular formula is C21H24N4O2. The Kier molecular flexibility index (Phi) is 5.16. The Morgan fingerprint density at radius 3 is 2.56 bits per heavy atom. The van der Waals surface area contributed by atoms with Gasteiger partial charge in [0.05, 0.1) is 17.9 Å². The highest BCUT2D eigenvalue weighted by Gasteiger charge is 2.38. The molecule has 3 N–H and O–H groups in total. The lowest BCUT2D eigenvalue weighted by atomic mass is 9.85. The summed E-state index contributed by atoms with van der Waals surface area (Å²) in [5.74, 6) is 0.437. The predicted molar refractivity (Wildman–Crippen MR) is 105 cm³/mol. The average Bonchev–Trinajstić information content (AvgIpc) is 3.14. The third kappa shape index (κ3) is 4.17. The molecule has 1 aromatic heterocycles. The van der Waals surface area contributed by atoms with Gasteiger partial charge in [-0.25, -0.2) is 0 Å². The van der Waals surface area contributed by atoms with Gasteiger partial charge >= 0.3 is 0 Å². The van der Waals surface area contributed by atoms with Gasteiger partial charge in [0.2, 0.25) is 5.91 Å². The van der Waals surface area contributed by atoms with Gasteiger partial charge in [-0.3, -0.25) is 14.6 Å². The van der Waals surface area contributed by atoms with Gasteiger partial charge < -0.3 is 16.0 Å². The SMILES string of the molecule is O=C(Nc1cccnc1)c1ccc(NC(=O)C2CC3CCCCC3N2)cc1. The fourth-order valence-electron chi connectivity index (χ4n) is 4.10. The Bertz CT molecular complexity index is 793. The van der Waals surface area contributed by atoms with Crippen molar-refractivity contribution in [3.05, 3.63) is 54.4 Å². The quantitative estimate of drug-likeness (QED) is 0.778. The van der Waals surface area contributed by atoms with E-state index in [1.807, 2.05) is 0 Å². The number of carbonyl (C=O) groups excluding carboxylic acids is 2. The molecule has 4 rings (SSSR count).